The predicted octanol–water partition coefficient (Wildman–Crippen LogP) is 4.89. The second-order valence-electron chi connectivity index (χ2n) is 8.56. The molecule has 1 aliphatic carbocycles. The maximum Gasteiger partial charge on any atom is 0.410 e. The maximum atomic E-state index is 12.5. The number of likely N-dealkylation sites (tertiary alicyclic amines) is 1. The number of carbonyl (C=O) groups excluding carboxylic acids is 1. The number of ether oxygens (including phenoxy) is 1. The van der Waals surface area contributed by atoms with Crippen LogP contribution in [0.5, 0.6) is 0 Å². The fourth-order valence-electron chi connectivity index (χ4n) is 4.54. The van der Waals surface area contributed by atoms with E-state index in [0.29, 0.717) is 29.1 Å². The van der Waals surface area contributed by atoms with Crippen LogP contribution in [-0.4, -0.2) is 41.4 Å². The van der Waals surface area contributed by atoms with Crippen LogP contribution in [0.15, 0.2) is 18.2 Å². The van der Waals surface area contributed by atoms with Gasteiger partial charge in [0.2, 0.25) is 0 Å². The van der Waals surface area contributed by atoms with Gasteiger partial charge >= 0.3 is 6.09 Å². The van der Waals surface area contributed by atoms with E-state index in [1.54, 1.807) is 11.0 Å². The molecule has 3 atom stereocenters. The molecule has 1 amide bonds. The van der Waals surface area contributed by atoms with Crippen LogP contribution in [0.25, 0.3) is 0 Å². The van der Waals surface area contributed by atoms with Crippen molar-refractivity contribution in [3.05, 3.63) is 33.8 Å². The molecule has 0 aromatic heterocycles. The Morgan fingerprint density at radius 2 is 2.04 bits per heavy atom. The van der Waals surface area contributed by atoms with Crippen molar-refractivity contribution in [2.45, 2.75) is 51.0 Å². The average molecular weight is 400 g/mol. The first kappa shape index (κ1) is 19.8. The molecule has 1 aromatic carbocycles. The Kier molecular flexibility index (Phi) is 5.49. The first-order chi connectivity index (χ1) is 12.2. The zero-order chi connectivity index (χ0) is 19.1. The Bertz CT molecular complexity index is 688. The van der Waals surface area contributed by atoms with Gasteiger partial charge in [-0.2, -0.15) is 0 Å². The highest BCUT2D eigenvalue weighted by atomic mass is 35.5. The van der Waals surface area contributed by atoms with E-state index in [9.17, 15) is 9.90 Å². The zero-order valence-electron chi connectivity index (χ0n) is 15.6. The number of benzene rings is 1. The Morgan fingerprint density at radius 1 is 1.31 bits per heavy atom. The molecule has 2 aliphatic rings. The summed E-state index contributed by atoms with van der Waals surface area (Å²) >= 11 is 12.3. The molecule has 1 saturated carbocycles. The van der Waals surface area contributed by atoms with Gasteiger partial charge in [0.05, 0.1) is 16.7 Å². The van der Waals surface area contributed by atoms with E-state index in [0.717, 1.165) is 24.8 Å². The van der Waals surface area contributed by atoms with Crippen molar-refractivity contribution < 1.29 is 14.6 Å². The number of hydrogen-bond donors (Lipinski definition) is 1. The molecular weight excluding hydrogens is 373 g/mol. The van der Waals surface area contributed by atoms with Crippen molar-refractivity contribution in [3.8, 4) is 0 Å². The lowest BCUT2D eigenvalue weighted by Crippen LogP contribution is -2.50. The lowest BCUT2D eigenvalue weighted by molar-refractivity contribution is 0.00394. The Hall–Kier alpha value is -0.970. The van der Waals surface area contributed by atoms with Gasteiger partial charge in [0.1, 0.15) is 5.60 Å². The topological polar surface area (TPSA) is 49.8 Å². The molecule has 6 heteroatoms. The van der Waals surface area contributed by atoms with Crippen LogP contribution < -0.4 is 0 Å². The van der Waals surface area contributed by atoms with Gasteiger partial charge in [-0.3, -0.25) is 0 Å². The van der Waals surface area contributed by atoms with Gasteiger partial charge in [-0.25, -0.2) is 4.79 Å². The van der Waals surface area contributed by atoms with Crippen molar-refractivity contribution in [2.75, 3.05) is 19.7 Å². The van der Waals surface area contributed by atoms with Crippen LogP contribution >= 0.6 is 23.2 Å². The summed E-state index contributed by atoms with van der Waals surface area (Å²) in [6.45, 7) is 6.97. The summed E-state index contributed by atoms with van der Waals surface area (Å²) in [6, 6.07) is 5.62. The molecule has 0 spiro atoms. The van der Waals surface area contributed by atoms with Gasteiger partial charge in [0.25, 0.3) is 0 Å². The van der Waals surface area contributed by atoms with Crippen LogP contribution in [0, 0.1) is 11.8 Å². The molecule has 4 nitrogen and oxygen atoms in total. The highest BCUT2D eigenvalue weighted by molar-refractivity contribution is 6.42. The fraction of sp³-hybridized carbons (Fsp3) is 0.650. The normalized spacial score (nSPS) is 28.8. The summed E-state index contributed by atoms with van der Waals surface area (Å²) < 4.78 is 5.55. The van der Waals surface area contributed by atoms with Gasteiger partial charge in [0, 0.05) is 18.5 Å². The molecule has 2 fully saturated rings. The maximum absolute atomic E-state index is 12.5. The minimum Gasteiger partial charge on any atom is -0.444 e. The number of carbonyl (C=O) groups is 1. The Morgan fingerprint density at radius 3 is 2.65 bits per heavy atom. The number of rotatable bonds is 2. The van der Waals surface area contributed by atoms with E-state index in [1.807, 2.05) is 32.9 Å². The molecule has 1 aliphatic heterocycles. The summed E-state index contributed by atoms with van der Waals surface area (Å²) in [5.41, 5.74) is 0.106. The number of halogens is 2. The highest BCUT2D eigenvalue weighted by Gasteiger charge is 2.52. The van der Waals surface area contributed by atoms with Crippen molar-refractivity contribution in [3.63, 3.8) is 0 Å². The molecule has 0 bridgehead atoms. The van der Waals surface area contributed by atoms with Gasteiger partial charge in [-0.15, -0.1) is 0 Å². The smallest absolute Gasteiger partial charge is 0.410 e. The standard InChI is InChI=1S/C20H27Cl2NO3/c1-19(2,3)26-18(25)23-9-7-13-6-8-20(12-24,15(13)11-23)14-4-5-16(21)17(22)10-14/h4-5,10,13,15,24H,6-9,11-12H2,1-3H3/t13-,15-,20-/m1/s1. The Labute approximate surface area is 165 Å². The largest absolute Gasteiger partial charge is 0.444 e. The molecule has 0 unspecified atom stereocenters. The number of hydrogen-bond acceptors (Lipinski definition) is 3. The molecule has 3 rings (SSSR count). The molecule has 1 heterocycles. The quantitative estimate of drug-likeness (QED) is 0.769. The van der Waals surface area contributed by atoms with Crippen LogP contribution in [0.1, 0.15) is 45.6 Å². The van der Waals surface area contributed by atoms with Crippen molar-refractivity contribution in [1.29, 1.82) is 0 Å². The van der Waals surface area contributed by atoms with E-state index < -0.39 is 5.60 Å². The first-order valence-corrected chi connectivity index (χ1v) is 9.96. The third kappa shape index (κ3) is 3.69. The van der Waals surface area contributed by atoms with Crippen LogP contribution in [0.2, 0.25) is 10.0 Å². The molecule has 0 radical (unpaired) electrons. The number of fused-ring (bicyclic) bond motifs is 1. The monoisotopic (exact) mass is 399 g/mol. The number of nitrogens with zero attached hydrogens (tertiary/aromatic N) is 1. The zero-order valence-corrected chi connectivity index (χ0v) is 17.1. The van der Waals surface area contributed by atoms with Crippen LogP contribution in [0.4, 0.5) is 4.79 Å². The highest BCUT2D eigenvalue weighted by Crippen LogP contribution is 2.52. The molecular formula is C20H27Cl2NO3. The summed E-state index contributed by atoms with van der Waals surface area (Å²) in [4.78, 5) is 14.3. The van der Waals surface area contributed by atoms with E-state index in [-0.39, 0.29) is 24.0 Å². The number of aliphatic hydroxyl groups excluding tert-OH is 1. The van der Waals surface area contributed by atoms with Crippen molar-refractivity contribution in [1.82, 2.24) is 4.90 Å². The Balaban J connectivity index is 1.87. The molecule has 1 saturated heterocycles. The van der Waals surface area contributed by atoms with Crippen molar-refractivity contribution in [2.24, 2.45) is 11.8 Å². The summed E-state index contributed by atoms with van der Waals surface area (Å²) in [7, 11) is 0. The van der Waals surface area contributed by atoms with E-state index >= 15 is 0 Å². The average Bonchev–Trinajstić information content (AvgIpc) is 2.95. The third-order valence-corrected chi connectivity index (χ3v) is 6.59. The van der Waals surface area contributed by atoms with Gasteiger partial charge in [-0.1, -0.05) is 29.3 Å². The first-order valence-electron chi connectivity index (χ1n) is 9.20. The number of aliphatic hydroxyl groups is 1. The summed E-state index contributed by atoms with van der Waals surface area (Å²) in [5.74, 6) is 0.682. The van der Waals surface area contributed by atoms with Crippen molar-refractivity contribution >= 4 is 29.3 Å². The van der Waals surface area contributed by atoms with Gasteiger partial charge < -0.3 is 14.7 Å². The van der Waals surface area contributed by atoms with E-state index in [4.69, 9.17) is 27.9 Å². The fourth-order valence-corrected chi connectivity index (χ4v) is 4.84. The molecule has 1 N–H and O–H groups in total. The molecule has 1 aromatic rings. The second kappa shape index (κ2) is 7.21. The second-order valence-corrected chi connectivity index (χ2v) is 9.38. The minimum atomic E-state index is -0.513. The van der Waals surface area contributed by atoms with Crippen LogP contribution in [0.3, 0.4) is 0 Å². The summed E-state index contributed by atoms with van der Waals surface area (Å²) in [6.07, 6.45) is 2.60. The summed E-state index contributed by atoms with van der Waals surface area (Å²) in [5, 5.41) is 11.4. The lowest BCUT2D eigenvalue weighted by Gasteiger charge is -2.43. The lowest BCUT2D eigenvalue weighted by atomic mass is 9.69. The third-order valence-electron chi connectivity index (χ3n) is 5.86. The van der Waals surface area contributed by atoms with Crippen LogP contribution in [-0.2, 0) is 10.2 Å². The molecule has 144 valence electrons. The van der Waals surface area contributed by atoms with Gasteiger partial charge in [0.15, 0.2) is 0 Å². The van der Waals surface area contributed by atoms with Gasteiger partial charge in [-0.05, 0) is 69.6 Å². The minimum absolute atomic E-state index is 0.0360. The van der Waals surface area contributed by atoms with E-state index in [1.165, 1.54) is 0 Å². The SMILES string of the molecule is CC(C)(C)OC(=O)N1CC[C@H]2CC[C@@](CO)(c3ccc(Cl)c(Cl)c3)[C@@H]2C1. The molecule has 26 heavy (non-hydrogen) atoms. The predicted molar refractivity (Wildman–Crippen MR) is 104 cm³/mol. The van der Waals surface area contributed by atoms with E-state index in [2.05, 4.69) is 0 Å². The number of amides is 1. The number of piperidine rings is 1.